The first kappa shape index (κ1) is 20.0. The molecule has 1 amide bonds. The Balaban J connectivity index is 1.41. The van der Waals surface area contributed by atoms with Crippen LogP contribution < -0.4 is 0 Å². The summed E-state index contributed by atoms with van der Waals surface area (Å²) >= 11 is 3.37. The molecular weight excluding hydrogens is 388 g/mol. The normalized spacial score (nSPS) is 20.4. The van der Waals surface area contributed by atoms with Gasteiger partial charge in [-0.05, 0) is 55.6 Å². The van der Waals surface area contributed by atoms with Crippen LogP contribution in [0.25, 0.3) is 10.7 Å². The van der Waals surface area contributed by atoms with Crippen molar-refractivity contribution in [1.82, 2.24) is 19.7 Å². The summed E-state index contributed by atoms with van der Waals surface area (Å²) in [6.07, 6.45) is 7.20. The average Bonchev–Trinajstić information content (AvgIpc) is 3.28. The van der Waals surface area contributed by atoms with Crippen LogP contribution in [0, 0.1) is 11.8 Å². The fourth-order valence-corrected chi connectivity index (χ4v) is 6.23. The first-order chi connectivity index (χ1) is 13.5. The number of hydrogen-bond acceptors (Lipinski definition) is 5. The Morgan fingerprint density at radius 2 is 2.07 bits per heavy atom. The Bertz CT molecular complexity index is 836. The Morgan fingerprint density at radius 3 is 2.82 bits per heavy atom. The second-order valence-electron chi connectivity index (χ2n) is 8.29. The van der Waals surface area contributed by atoms with Crippen molar-refractivity contribution in [1.29, 1.82) is 0 Å². The molecule has 4 rings (SSSR count). The van der Waals surface area contributed by atoms with Gasteiger partial charge in [-0.25, -0.2) is 0 Å². The largest absolute Gasteiger partial charge is 0.342 e. The minimum atomic E-state index is 0.221. The van der Waals surface area contributed by atoms with Crippen LogP contribution in [0.3, 0.4) is 0 Å². The third-order valence-electron chi connectivity index (χ3n) is 6.28. The van der Waals surface area contributed by atoms with E-state index in [0.717, 1.165) is 48.7 Å². The van der Waals surface area contributed by atoms with Gasteiger partial charge in [-0.2, -0.15) is 0 Å². The molecule has 0 saturated carbocycles. The predicted octanol–water partition coefficient (Wildman–Crippen LogP) is 4.41. The lowest BCUT2D eigenvalue weighted by Crippen LogP contribution is -2.38. The maximum atomic E-state index is 12.5. The lowest BCUT2D eigenvalue weighted by Gasteiger charge is -2.30. The molecule has 1 fully saturated rings. The van der Waals surface area contributed by atoms with E-state index >= 15 is 0 Å². The molecule has 1 atom stereocenters. The molecule has 1 unspecified atom stereocenters. The Labute approximate surface area is 175 Å². The van der Waals surface area contributed by atoms with Gasteiger partial charge in [0.1, 0.15) is 0 Å². The quantitative estimate of drug-likeness (QED) is 0.675. The van der Waals surface area contributed by atoms with Crippen LogP contribution in [0.5, 0.6) is 0 Å². The molecule has 1 aliphatic heterocycles. The number of thiophene rings is 1. The second kappa shape index (κ2) is 8.57. The summed E-state index contributed by atoms with van der Waals surface area (Å²) in [4.78, 5) is 17.2. The highest BCUT2D eigenvalue weighted by Crippen LogP contribution is 2.38. The molecule has 28 heavy (non-hydrogen) atoms. The Morgan fingerprint density at radius 1 is 1.29 bits per heavy atom. The van der Waals surface area contributed by atoms with Crippen molar-refractivity contribution in [3.63, 3.8) is 0 Å². The smallest absolute Gasteiger partial charge is 0.233 e. The van der Waals surface area contributed by atoms with E-state index in [1.54, 1.807) is 0 Å². The number of hydrogen-bond donors (Lipinski definition) is 0. The number of carbonyl (C=O) groups excluding carboxylic acids is 1. The number of thioether (sulfide) groups is 1. The van der Waals surface area contributed by atoms with Crippen molar-refractivity contribution in [2.75, 3.05) is 18.8 Å². The molecule has 2 aliphatic rings. The maximum Gasteiger partial charge on any atom is 0.233 e. The fraction of sp³-hybridized carbons (Fsp3) is 0.667. The summed E-state index contributed by atoms with van der Waals surface area (Å²) in [5.74, 6) is 3.15. The third-order valence-corrected chi connectivity index (χ3v) is 8.52. The number of nitrogens with zero attached hydrogens (tertiary/aromatic N) is 4. The van der Waals surface area contributed by atoms with Gasteiger partial charge in [-0.3, -0.25) is 4.79 Å². The van der Waals surface area contributed by atoms with Crippen LogP contribution in [0.4, 0.5) is 0 Å². The predicted molar refractivity (Wildman–Crippen MR) is 116 cm³/mol. The minimum absolute atomic E-state index is 0.221. The van der Waals surface area contributed by atoms with Gasteiger partial charge < -0.3 is 9.47 Å². The first-order valence-electron chi connectivity index (χ1n) is 10.5. The second-order valence-corrected chi connectivity index (χ2v) is 10.4. The standard InChI is InChI=1S/C21H30N4OS2/c1-4-15-5-6-17-16(11-15)12-18(28-17)20-22-23-21(24(20)3)27-13-19(26)25-9-7-14(2)8-10-25/h12,14-15H,4-11,13H2,1-3H3. The van der Waals surface area contributed by atoms with E-state index in [0.29, 0.717) is 5.75 Å². The minimum Gasteiger partial charge on any atom is -0.342 e. The van der Waals surface area contributed by atoms with Crippen molar-refractivity contribution in [2.45, 2.75) is 57.5 Å². The highest BCUT2D eigenvalue weighted by molar-refractivity contribution is 7.99. The average molecular weight is 419 g/mol. The summed E-state index contributed by atoms with van der Waals surface area (Å²) in [5.41, 5.74) is 1.50. The molecule has 0 N–H and O–H groups in total. The van der Waals surface area contributed by atoms with Crippen LogP contribution in [-0.4, -0.2) is 44.4 Å². The van der Waals surface area contributed by atoms with Crippen molar-refractivity contribution in [2.24, 2.45) is 18.9 Å². The number of aryl methyl sites for hydroxylation is 1. The summed E-state index contributed by atoms with van der Waals surface area (Å²) < 4.78 is 2.05. The number of carbonyl (C=O) groups is 1. The summed E-state index contributed by atoms with van der Waals surface area (Å²) in [6, 6.07) is 2.32. The Hall–Kier alpha value is -1.34. The van der Waals surface area contributed by atoms with Crippen LogP contribution in [-0.2, 0) is 24.7 Å². The fourth-order valence-electron chi connectivity index (χ4n) is 4.19. The summed E-state index contributed by atoms with van der Waals surface area (Å²) in [5, 5.41) is 9.64. The van der Waals surface area contributed by atoms with Crippen LogP contribution in [0.15, 0.2) is 11.2 Å². The number of piperidine rings is 1. The molecule has 0 bridgehead atoms. The van der Waals surface area contributed by atoms with E-state index in [4.69, 9.17) is 0 Å². The van der Waals surface area contributed by atoms with E-state index in [-0.39, 0.29) is 5.91 Å². The third kappa shape index (κ3) is 4.15. The van der Waals surface area contributed by atoms with Crippen LogP contribution >= 0.6 is 23.1 Å². The molecule has 2 aromatic heterocycles. The lowest BCUT2D eigenvalue weighted by atomic mass is 9.87. The van der Waals surface area contributed by atoms with Crippen LogP contribution in [0.2, 0.25) is 0 Å². The van der Waals surface area contributed by atoms with Crippen molar-refractivity contribution < 1.29 is 4.79 Å². The number of aromatic nitrogens is 3. The van der Waals surface area contributed by atoms with Gasteiger partial charge in [0.25, 0.3) is 0 Å². The van der Waals surface area contributed by atoms with Gasteiger partial charge in [0.05, 0.1) is 10.6 Å². The molecule has 0 radical (unpaired) electrons. The summed E-state index contributed by atoms with van der Waals surface area (Å²) in [6.45, 7) is 6.34. The van der Waals surface area contributed by atoms with Crippen molar-refractivity contribution in [3.8, 4) is 10.7 Å². The number of rotatable bonds is 5. The van der Waals surface area contributed by atoms with Gasteiger partial charge in [0, 0.05) is 25.0 Å². The van der Waals surface area contributed by atoms with E-state index < -0.39 is 0 Å². The number of fused-ring (bicyclic) bond motifs is 1. The van der Waals surface area contributed by atoms with Gasteiger partial charge in [-0.1, -0.05) is 32.0 Å². The van der Waals surface area contributed by atoms with Gasteiger partial charge in [0.2, 0.25) is 5.91 Å². The molecule has 3 heterocycles. The number of amides is 1. The van der Waals surface area contributed by atoms with E-state index in [2.05, 4.69) is 30.1 Å². The van der Waals surface area contributed by atoms with E-state index in [1.807, 2.05) is 27.9 Å². The zero-order chi connectivity index (χ0) is 19.7. The monoisotopic (exact) mass is 418 g/mol. The molecular formula is C21H30N4OS2. The molecule has 2 aromatic rings. The topological polar surface area (TPSA) is 51.0 Å². The highest BCUT2D eigenvalue weighted by atomic mass is 32.2. The van der Waals surface area contributed by atoms with Gasteiger partial charge in [-0.15, -0.1) is 21.5 Å². The lowest BCUT2D eigenvalue weighted by molar-refractivity contribution is -0.129. The van der Waals surface area contributed by atoms with Gasteiger partial charge >= 0.3 is 0 Å². The molecule has 1 saturated heterocycles. The van der Waals surface area contributed by atoms with Gasteiger partial charge in [0.15, 0.2) is 11.0 Å². The zero-order valence-electron chi connectivity index (χ0n) is 17.1. The first-order valence-corrected chi connectivity index (χ1v) is 12.3. The molecule has 0 spiro atoms. The molecule has 1 aliphatic carbocycles. The van der Waals surface area contributed by atoms with E-state index in [9.17, 15) is 4.79 Å². The van der Waals surface area contributed by atoms with E-state index in [1.165, 1.54) is 52.8 Å². The summed E-state index contributed by atoms with van der Waals surface area (Å²) in [7, 11) is 2.01. The van der Waals surface area contributed by atoms with Crippen LogP contribution in [0.1, 0.15) is 50.0 Å². The molecule has 0 aromatic carbocycles. The SMILES string of the molecule is CCC1CCc2sc(-c3nnc(SCC(=O)N4CCC(C)CC4)n3C)cc2C1. The zero-order valence-corrected chi connectivity index (χ0v) is 18.7. The van der Waals surface area contributed by atoms with Crippen molar-refractivity contribution in [3.05, 3.63) is 16.5 Å². The molecule has 152 valence electrons. The molecule has 7 heteroatoms. The maximum absolute atomic E-state index is 12.5. The number of likely N-dealkylation sites (tertiary alicyclic amines) is 1. The molecule has 5 nitrogen and oxygen atoms in total. The Kier molecular flexibility index (Phi) is 6.11. The van der Waals surface area contributed by atoms with Crippen molar-refractivity contribution >= 4 is 29.0 Å². The highest BCUT2D eigenvalue weighted by Gasteiger charge is 2.24.